The fourth-order valence-corrected chi connectivity index (χ4v) is 4.91. The first kappa shape index (κ1) is 17.3. The Morgan fingerprint density at radius 3 is 2.77 bits per heavy atom. The zero-order valence-electron chi connectivity index (χ0n) is 14.5. The van der Waals surface area contributed by atoms with E-state index < -0.39 is 15.8 Å². The largest absolute Gasteiger partial charge is 0.493 e. The summed E-state index contributed by atoms with van der Waals surface area (Å²) in [6, 6.07) is 5.71. The molecule has 2 aromatic carbocycles. The normalized spacial score (nSPS) is 15.3. The summed E-state index contributed by atoms with van der Waals surface area (Å²) in [5.41, 5.74) is 3.66. The minimum atomic E-state index is -3.69. The van der Waals surface area contributed by atoms with E-state index in [0.29, 0.717) is 25.2 Å². The molecule has 2 aliphatic rings. The van der Waals surface area contributed by atoms with Gasteiger partial charge in [0.05, 0.1) is 18.1 Å². The molecule has 4 rings (SSSR count). The number of hydrogen-bond donors (Lipinski definition) is 1. The molecule has 26 heavy (non-hydrogen) atoms. The van der Waals surface area contributed by atoms with Crippen LogP contribution in [0.15, 0.2) is 29.2 Å². The van der Waals surface area contributed by atoms with Crippen molar-refractivity contribution in [1.29, 1.82) is 0 Å². The summed E-state index contributed by atoms with van der Waals surface area (Å²) in [5, 5.41) is 0. The molecule has 0 aliphatic carbocycles. The smallest absolute Gasteiger partial charge is 0.240 e. The lowest BCUT2D eigenvalue weighted by molar-refractivity contribution is 0.353. The highest BCUT2D eigenvalue weighted by Gasteiger charge is 2.26. The average molecular weight is 377 g/mol. The molecule has 0 atom stereocenters. The lowest BCUT2D eigenvalue weighted by Gasteiger charge is -2.14. The van der Waals surface area contributed by atoms with Crippen LogP contribution in [0.4, 0.5) is 4.39 Å². The van der Waals surface area contributed by atoms with Gasteiger partial charge < -0.3 is 9.47 Å². The van der Waals surface area contributed by atoms with Gasteiger partial charge in [-0.3, -0.25) is 0 Å². The van der Waals surface area contributed by atoms with E-state index >= 15 is 0 Å². The second-order valence-corrected chi connectivity index (χ2v) is 8.31. The molecule has 5 nitrogen and oxygen atoms in total. The molecule has 0 radical (unpaired) electrons. The molecule has 2 heterocycles. The van der Waals surface area contributed by atoms with E-state index in [0.717, 1.165) is 47.1 Å². The van der Waals surface area contributed by atoms with Gasteiger partial charge in [-0.1, -0.05) is 0 Å². The molecule has 0 unspecified atom stereocenters. The average Bonchev–Trinajstić information content (AvgIpc) is 3.22. The molecule has 1 N–H and O–H groups in total. The summed E-state index contributed by atoms with van der Waals surface area (Å²) in [5.74, 6) is 1.32. The Morgan fingerprint density at radius 1 is 1.15 bits per heavy atom. The highest BCUT2D eigenvalue weighted by Crippen LogP contribution is 2.40. The fraction of sp³-hybridized carbons (Fsp3) is 0.368. The van der Waals surface area contributed by atoms with Crippen molar-refractivity contribution in [3.63, 3.8) is 0 Å². The minimum absolute atomic E-state index is 0.0991. The second kappa shape index (κ2) is 6.55. The molecule has 0 spiro atoms. The summed E-state index contributed by atoms with van der Waals surface area (Å²) < 4.78 is 52.4. The maximum Gasteiger partial charge on any atom is 0.240 e. The zero-order valence-corrected chi connectivity index (χ0v) is 15.3. The lowest BCUT2D eigenvalue weighted by Crippen LogP contribution is -2.27. The summed E-state index contributed by atoms with van der Waals surface area (Å²) in [6.45, 7) is 3.11. The van der Waals surface area contributed by atoms with Gasteiger partial charge in [-0.25, -0.2) is 17.5 Å². The highest BCUT2D eigenvalue weighted by atomic mass is 32.2. The number of halogens is 1. The van der Waals surface area contributed by atoms with Crippen LogP contribution in [0.5, 0.6) is 11.5 Å². The lowest BCUT2D eigenvalue weighted by atomic mass is 9.97. The van der Waals surface area contributed by atoms with Crippen LogP contribution in [0.3, 0.4) is 0 Å². The van der Waals surface area contributed by atoms with E-state index in [1.165, 1.54) is 12.1 Å². The first-order valence-electron chi connectivity index (χ1n) is 8.65. The van der Waals surface area contributed by atoms with Gasteiger partial charge in [-0.15, -0.1) is 0 Å². The molecule has 138 valence electrons. The third-order valence-electron chi connectivity index (χ3n) is 4.85. The molecule has 0 saturated carbocycles. The van der Waals surface area contributed by atoms with Crippen LogP contribution in [-0.2, 0) is 29.3 Å². The Bertz CT molecular complexity index is 940. The van der Waals surface area contributed by atoms with E-state index in [4.69, 9.17) is 9.47 Å². The van der Waals surface area contributed by atoms with Gasteiger partial charge in [0.15, 0.2) is 0 Å². The van der Waals surface area contributed by atoms with Crippen molar-refractivity contribution in [3.05, 3.63) is 52.3 Å². The van der Waals surface area contributed by atoms with Crippen LogP contribution in [0.1, 0.15) is 22.3 Å². The molecule has 0 bridgehead atoms. The molecule has 7 heteroatoms. The van der Waals surface area contributed by atoms with Crippen LogP contribution in [0.2, 0.25) is 0 Å². The van der Waals surface area contributed by atoms with Crippen molar-refractivity contribution < 1.29 is 22.3 Å². The summed E-state index contributed by atoms with van der Waals surface area (Å²) in [6.07, 6.45) is 2.18. The van der Waals surface area contributed by atoms with Gasteiger partial charge in [-0.05, 0) is 43.2 Å². The molecular weight excluding hydrogens is 357 g/mol. The topological polar surface area (TPSA) is 64.6 Å². The molecule has 2 aromatic rings. The monoisotopic (exact) mass is 377 g/mol. The Balaban J connectivity index is 1.54. The molecule has 0 fully saturated rings. The summed E-state index contributed by atoms with van der Waals surface area (Å²) in [7, 11) is -3.69. The van der Waals surface area contributed by atoms with E-state index in [9.17, 15) is 12.8 Å². The Kier molecular flexibility index (Phi) is 4.36. The quantitative estimate of drug-likeness (QED) is 0.870. The van der Waals surface area contributed by atoms with Gasteiger partial charge >= 0.3 is 0 Å². The number of benzene rings is 2. The van der Waals surface area contributed by atoms with Crippen molar-refractivity contribution in [1.82, 2.24) is 4.72 Å². The van der Waals surface area contributed by atoms with Crippen LogP contribution >= 0.6 is 0 Å². The maximum atomic E-state index is 13.2. The number of sulfonamides is 1. The number of hydrogen-bond acceptors (Lipinski definition) is 4. The minimum Gasteiger partial charge on any atom is -0.493 e. The Hall–Kier alpha value is -2.12. The van der Waals surface area contributed by atoms with Crippen molar-refractivity contribution in [3.8, 4) is 11.5 Å². The van der Waals surface area contributed by atoms with Gasteiger partial charge in [0.2, 0.25) is 10.0 Å². The van der Waals surface area contributed by atoms with Crippen LogP contribution in [0.25, 0.3) is 0 Å². The third kappa shape index (κ3) is 3.05. The number of fused-ring (bicyclic) bond motifs is 2. The van der Waals surface area contributed by atoms with E-state index in [1.807, 2.05) is 6.07 Å². The van der Waals surface area contributed by atoms with Gasteiger partial charge in [-0.2, -0.15) is 0 Å². The predicted octanol–water partition coefficient (Wildman–Crippen LogP) is 2.52. The number of nitrogens with one attached hydrogen (secondary N) is 1. The third-order valence-corrected chi connectivity index (χ3v) is 6.48. The van der Waals surface area contributed by atoms with Crippen molar-refractivity contribution in [2.75, 3.05) is 19.8 Å². The van der Waals surface area contributed by atoms with Crippen molar-refractivity contribution in [2.24, 2.45) is 0 Å². The molecule has 0 saturated heterocycles. The van der Waals surface area contributed by atoms with E-state index in [1.54, 1.807) is 6.92 Å². The highest BCUT2D eigenvalue weighted by molar-refractivity contribution is 7.89. The van der Waals surface area contributed by atoms with Crippen LogP contribution < -0.4 is 14.2 Å². The predicted molar refractivity (Wildman–Crippen MR) is 94.9 cm³/mol. The van der Waals surface area contributed by atoms with Gasteiger partial charge in [0, 0.05) is 36.1 Å². The number of rotatable bonds is 5. The summed E-state index contributed by atoms with van der Waals surface area (Å²) in [4.78, 5) is 0.0991. The number of ether oxygens (including phenoxy) is 2. The fourth-order valence-electron chi connectivity index (χ4n) is 3.65. The van der Waals surface area contributed by atoms with Gasteiger partial charge in [0.25, 0.3) is 0 Å². The SMILES string of the molecule is Cc1cc(F)ccc1S(=O)(=O)NCCc1c2c(cc3c1OCC3)OCC2. The van der Waals surface area contributed by atoms with E-state index in [-0.39, 0.29) is 11.4 Å². The first-order valence-corrected chi connectivity index (χ1v) is 10.1. The molecule has 0 amide bonds. The summed E-state index contributed by atoms with van der Waals surface area (Å²) >= 11 is 0. The molecule has 0 aromatic heterocycles. The van der Waals surface area contributed by atoms with Crippen molar-refractivity contribution >= 4 is 10.0 Å². The second-order valence-electron chi connectivity index (χ2n) is 6.57. The van der Waals surface area contributed by atoms with Crippen LogP contribution in [0, 0.1) is 12.7 Å². The van der Waals surface area contributed by atoms with Crippen LogP contribution in [-0.4, -0.2) is 28.2 Å². The standard InChI is InChI=1S/C19H20FNO4S/c1-12-10-14(20)2-3-18(12)26(22,23)21-7-4-16-15-6-9-24-17(15)11-13-5-8-25-19(13)16/h2-3,10-11,21H,4-9H2,1H3. The van der Waals surface area contributed by atoms with Gasteiger partial charge in [0.1, 0.15) is 17.3 Å². The molecular formula is C19H20FNO4S. The van der Waals surface area contributed by atoms with Crippen molar-refractivity contribution in [2.45, 2.75) is 31.1 Å². The number of aryl methyl sites for hydroxylation is 1. The Morgan fingerprint density at radius 2 is 1.96 bits per heavy atom. The van der Waals surface area contributed by atoms with E-state index in [2.05, 4.69) is 4.72 Å². The first-order chi connectivity index (χ1) is 12.5. The Labute approximate surface area is 152 Å². The molecule has 2 aliphatic heterocycles. The maximum absolute atomic E-state index is 13.2. The zero-order chi connectivity index (χ0) is 18.3.